The molecule has 1 aliphatic carbocycles. The lowest BCUT2D eigenvalue weighted by molar-refractivity contribution is 0.0168. The predicted octanol–water partition coefficient (Wildman–Crippen LogP) is 1.22. The highest BCUT2D eigenvalue weighted by molar-refractivity contribution is 6.33. The van der Waals surface area contributed by atoms with Crippen molar-refractivity contribution in [2.45, 2.75) is 16.9 Å². The van der Waals surface area contributed by atoms with Crippen LogP contribution >= 0.6 is 23.2 Å². The van der Waals surface area contributed by atoms with Gasteiger partial charge in [-0.2, -0.15) is 0 Å². The Morgan fingerprint density at radius 3 is 2.78 bits per heavy atom. The van der Waals surface area contributed by atoms with Crippen molar-refractivity contribution in [1.82, 2.24) is 0 Å². The molecular formula is C5H5Cl2NO. The first-order chi connectivity index (χ1) is 4.30. The molecule has 4 atom stereocenters. The predicted molar refractivity (Wildman–Crippen MR) is 36.1 cm³/mol. The number of halogens is 2. The van der Waals surface area contributed by atoms with Crippen LogP contribution in [0.25, 0.3) is 0 Å². The topological polar surface area (TPSA) is 21.6 Å². The van der Waals surface area contributed by atoms with Gasteiger partial charge in [0.1, 0.15) is 0 Å². The third kappa shape index (κ3) is 0.606. The van der Waals surface area contributed by atoms with Crippen LogP contribution in [0.2, 0.25) is 0 Å². The van der Waals surface area contributed by atoms with E-state index in [1.54, 1.807) is 6.21 Å². The van der Waals surface area contributed by atoms with E-state index in [1.165, 1.54) is 0 Å². The molecule has 1 saturated carbocycles. The van der Waals surface area contributed by atoms with Gasteiger partial charge < -0.3 is 4.84 Å². The van der Waals surface area contributed by atoms with E-state index in [9.17, 15) is 0 Å². The normalized spacial score (nSPS) is 54.0. The average Bonchev–Trinajstić information content (AvgIpc) is 2.30. The summed E-state index contributed by atoms with van der Waals surface area (Å²) in [7, 11) is 0. The lowest BCUT2D eigenvalue weighted by Crippen LogP contribution is -2.52. The summed E-state index contributed by atoms with van der Waals surface area (Å²) in [6.45, 7) is 0. The molecule has 1 aliphatic heterocycles. The van der Waals surface area contributed by atoms with Crippen LogP contribution < -0.4 is 0 Å². The Hall–Kier alpha value is 0.0500. The van der Waals surface area contributed by atoms with Crippen LogP contribution in [0.3, 0.4) is 0 Å². The largest absolute Gasteiger partial charge is 0.390 e. The lowest BCUT2D eigenvalue weighted by atomic mass is 9.82. The second-order valence-electron chi connectivity index (χ2n) is 2.29. The number of hydrogen-bond donors (Lipinski definition) is 0. The molecule has 0 saturated heterocycles. The molecule has 2 rings (SSSR count). The van der Waals surface area contributed by atoms with Gasteiger partial charge in [0.2, 0.25) is 0 Å². The van der Waals surface area contributed by atoms with Crippen molar-refractivity contribution in [2.75, 3.05) is 0 Å². The van der Waals surface area contributed by atoms with Gasteiger partial charge in [0.25, 0.3) is 0 Å². The van der Waals surface area contributed by atoms with E-state index >= 15 is 0 Å². The molecule has 0 aromatic heterocycles. The molecule has 2 aliphatic rings. The molecule has 0 aromatic carbocycles. The van der Waals surface area contributed by atoms with Gasteiger partial charge in [0.05, 0.1) is 22.9 Å². The van der Waals surface area contributed by atoms with E-state index < -0.39 is 0 Å². The first kappa shape index (κ1) is 5.81. The van der Waals surface area contributed by atoms with E-state index in [0.29, 0.717) is 0 Å². The van der Waals surface area contributed by atoms with Gasteiger partial charge in [0.15, 0.2) is 6.10 Å². The van der Waals surface area contributed by atoms with Crippen molar-refractivity contribution in [3.63, 3.8) is 0 Å². The quantitative estimate of drug-likeness (QED) is 0.495. The van der Waals surface area contributed by atoms with Gasteiger partial charge >= 0.3 is 0 Å². The molecule has 0 radical (unpaired) electrons. The summed E-state index contributed by atoms with van der Waals surface area (Å²) in [5.74, 6) is 0.258. The molecule has 4 heteroatoms. The Balaban J connectivity index is 2.12. The Bertz CT molecular complexity index is 161. The molecule has 0 unspecified atom stereocenters. The van der Waals surface area contributed by atoms with Crippen molar-refractivity contribution in [1.29, 1.82) is 0 Å². The Morgan fingerprint density at radius 2 is 2.11 bits per heavy atom. The van der Waals surface area contributed by atoms with E-state index in [0.717, 1.165) is 0 Å². The maximum atomic E-state index is 5.80. The molecule has 50 valence electrons. The smallest absolute Gasteiger partial charge is 0.154 e. The summed E-state index contributed by atoms with van der Waals surface area (Å²) >= 11 is 11.6. The summed E-state index contributed by atoms with van der Waals surface area (Å²) in [5, 5.41) is 3.58. The first-order valence-electron chi connectivity index (χ1n) is 2.78. The second kappa shape index (κ2) is 1.77. The molecule has 0 aromatic rings. The molecule has 1 heterocycles. The SMILES string of the molecule is Cl[C@@H]1[C@H](Cl)[C@H]2C=NO[C@@H]12. The number of fused-ring (bicyclic) bond motifs is 1. The highest BCUT2D eigenvalue weighted by Crippen LogP contribution is 2.41. The minimum Gasteiger partial charge on any atom is -0.390 e. The Morgan fingerprint density at radius 1 is 1.33 bits per heavy atom. The Kier molecular flexibility index (Phi) is 1.14. The van der Waals surface area contributed by atoms with Crippen LogP contribution in [-0.2, 0) is 4.84 Å². The van der Waals surface area contributed by atoms with E-state index in [-0.39, 0.29) is 22.8 Å². The van der Waals surface area contributed by atoms with Gasteiger partial charge in [-0.15, -0.1) is 23.2 Å². The van der Waals surface area contributed by atoms with E-state index in [4.69, 9.17) is 28.0 Å². The third-order valence-electron chi connectivity index (χ3n) is 1.78. The molecule has 9 heavy (non-hydrogen) atoms. The zero-order valence-electron chi connectivity index (χ0n) is 4.50. The molecule has 0 spiro atoms. The van der Waals surface area contributed by atoms with E-state index in [2.05, 4.69) is 5.16 Å². The highest BCUT2D eigenvalue weighted by atomic mass is 35.5. The molecule has 1 fully saturated rings. The van der Waals surface area contributed by atoms with Crippen LogP contribution in [-0.4, -0.2) is 23.1 Å². The molecule has 0 N–H and O–H groups in total. The van der Waals surface area contributed by atoms with Crippen LogP contribution in [0, 0.1) is 5.92 Å². The minimum atomic E-state index is -0.0563. The van der Waals surface area contributed by atoms with Crippen molar-refractivity contribution in [3.8, 4) is 0 Å². The highest BCUT2D eigenvalue weighted by Gasteiger charge is 2.52. The van der Waals surface area contributed by atoms with Crippen LogP contribution in [0.1, 0.15) is 0 Å². The Labute approximate surface area is 62.8 Å². The van der Waals surface area contributed by atoms with Gasteiger partial charge in [0, 0.05) is 0 Å². The average molecular weight is 166 g/mol. The van der Waals surface area contributed by atoms with Crippen molar-refractivity contribution >= 4 is 29.4 Å². The summed E-state index contributed by atoms with van der Waals surface area (Å²) in [4.78, 5) is 4.89. The fraction of sp³-hybridized carbons (Fsp3) is 0.800. The lowest BCUT2D eigenvalue weighted by Gasteiger charge is -2.37. The number of oxime groups is 1. The van der Waals surface area contributed by atoms with Gasteiger partial charge in [-0.3, -0.25) is 0 Å². The van der Waals surface area contributed by atoms with Crippen LogP contribution in [0.15, 0.2) is 5.16 Å². The minimum absolute atomic E-state index is 0.0166. The maximum absolute atomic E-state index is 5.80. The summed E-state index contributed by atoms with van der Waals surface area (Å²) in [5.41, 5.74) is 0. The molecule has 0 amide bonds. The van der Waals surface area contributed by atoms with Gasteiger partial charge in [-0.25, -0.2) is 0 Å². The fourth-order valence-corrected chi connectivity index (χ4v) is 1.85. The number of nitrogens with zero attached hydrogens (tertiary/aromatic N) is 1. The second-order valence-corrected chi connectivity index (χ2v) is 3.30. The van der Waals surface area contributed by atoms with Crippen molar-refractivity contribution in [2.24, 2.45) is 11.1 Å². The van der Waals surface area contributed by atoms with Gasteiger partial charge in [-0.1, -0.05) is 5.16 Å². The molecule has 2 nitrogen and oxygen atoms in total. The third-order valence-corrected chi connectivity index (χ3v) is 2.99. The van der Waals surface area contributed by atoms with Crippen LogP contribution in [0.4, 0.5) is 0 Å². The number of alkyl halides is 2. The van der Waals surface area contributed by atoms with E-state index in [1.807, 2.05) is 0 Å². The maximum Gasteiger partial charge on any atom is 0.154 e. The summed E-state index contributed by atoms with van der Waals surface area (Å²) in [6.07, 6.45) is 1.77. The molecular weight excluding hydrogens is 161 g/mol. The van der Waals surface area contributed by atoms with Crippen LogP contribution in [0.5, 0.6) is 0 Å². The standard InChI is InChI=1S/C5H5Cl2NO/c6-3-2-1-8-9-5(2)4(3)7/h1-5H/t2-,3-,4-,5-/m1/s1. The van der Waals surface area contributed by atoms with Crippen molar-refractivity contribution in [3.05, 3.63) is 0 Å². The first-order valence-corrected chi connectivity index (χ1v) is 3.65. The number of rotatable bonds is 0. The summed E-state index contributed by atoms with van der Waals surface area (Å²) < 4.78 is 0. The zero-order valence-corrected chi connectivity index (χ0v) is 6.01. The monoisotopic (exact) mass is 165 g/mol. The fourth-order valence-electron chi connectivity index (χ4n) is 1.11. The zero-order chi connectivity index (χ0) is 6.43. The molecule has 0 bridgehead atoms. The van der Waals surface area contributed by atoms with Gasteiger partial charge in [-0.05, 0) is 0 Å². The number of hydrogen-bond acceptors (Lipinski definition) is 2. The summed E-state index contributed by atoms with van der Waals surface area (Å²) in [6, 6.07) is 0. The van der Waals surface area contributed by atoms with Crippen molar-refractivity contribution < 1.29 is 4.84 Å².